The van der Waals surface area contributed by atoms with Crippen LogP contribution in [0.5, 0.6) is 0 Å². The number of pyridine rings is 1. The lowest BCUT2D eigenvalue weighted by Gasteiger charge is -2.31. The summed E-state index contributed by atoms with van der Waals surface area (Å²) in [5.41, 5.74) is 2.02. The van der Waals surface area contributed by atoms with Gasteiger partial charge in [0.25, 0.3) is 0 Å². The van der Waals surface area contributed by atoms with E-state index in [1.165, 1.54) is 7.11 Å². The molecule has 0 saturated carbocycles. The molecule has 0 unspecified atom stereocenters. The molecule has 2 aromatic heterocycles. The largest absolute Gasteiger partial charge is 0.453 e. The summed E-state index contributed by atoms with van der Waals surface area (Å²) >= 11 is 0. The van der Waals surface area contributed by atoms with Gasteiger partial charge in [-0.2, -0.15) is 0 Å². The number of carbonyl (C=O) groups excluding carboxylic acids is 1. The number of hydrogen-bond donors (Lipinski definition) is 0. The van der Waals surface area contributed by atoms with Gasteiger partial charge in [-0.05, 0) is 18.9 Å². The number of ether oxygens (including phenoxy) is 1. The summed E-state index contributed by atoms with van der Waals surface area (Å²) in [5.74, 6) is 0. The molecule has 3 heterocycles. The van der Waals surface area contributed by atoms with Crippen molar-refractivity contribution >= 4 is 17.1 Å². The quantitative estimate of drug-likeness (QED) is 0.785. The Morgan fingerprint density at radius 2 is 2.21 bits per heavy atom. The Morgan fingerprint density at radius 1 is 1.42 bits per heavy atom. The van der Waals surface area contributed by atoms with Gasteiger partial charge >= 0.3 is 6.09 Å². The number of methoxy groups -OCH3 is 1. The molecular formula is C13H16N4O2. The topological polar surface area (TPSA) is 60.2 Å². The van der Waals surface area contributed by atoms with Gasteiger partial charge in [0.2, 0.25) is 0 Å². The number of hydrogen-bond acceptors (Lipinski definition) is 4. The fourth-order valence-electron chi connectivity index (χ4n) is 2.63. The molecule has 0 bridgehead atoms. The van der Waals surface area contributed by atoms with Crippen LogP contribution in [0.25, 0.3) is 11.0 Å². The molecule has 0 radical (unpaired) electrons. The molecule has 0 spiro atoms. The van der Waals surface area contributed by atoms with Crippen molar-refractivity contribution in [3.8, 4) is 0 Å². The summed E-state index contributed by atoms with van der Waals surface area (Å²) in [5, 5.41) is 0. The summed E-state index contributed by atoms with van der Waals surface area (Å²) in [6, 6.07) is 2.36. The molecule has 19 heavy (non-hydrogen) atoms. The van der Waals surface area contributed by atoms with Gasteiger partial charge in [-0.3, -0.25) is 4.98 Å². The zero-order valence-electron chi connectivity index (χ0n) is 10.8. The second-order valence-electron chi connectivity index (χ2n) is 4.70. The second-order valence-corrected chi connectivity index (χ2v) is 4.70. The Labute approximate surface area is 111 Å². The zero-order chi connectivity index (χ0) is 13.2. The van der Waals surface area contributed by atoms with Crippen molar-refractivity contribution < 1.29 is 9.53 Å². The first-order chi connectivity index (χ1) is 9.29. The van der Waals surface area contributed by atoms with Gasteiger partial charge in [0.15, 0.2) is 0 Å². The average molecular weight is 260 g/mol. The van der Waals surface area contributed by atoms with Gasteiger partial charge < -0.3 is 14.2 Å². The molecule has 1 aliphatic heterocycles. The van der Waals surface area contributed by atoms with Gasteiger partial charge in [-0.15, -0.1) is 0 Å². The molecule has 0 aromatic carbocycles. The lowest BCUT2D eigenvalue weighted by molar-refractivity contribution is 0.107. The van der Waals surface area contributed by atoms with Crippen LogP contribution in [0.3, 0.4) is 0 Å². The minimum atomic E-state index is -0.238. The molecule has 100 valence electrons. The van der Waals surface area contributed by atoms with Crippen LogP contribution in [0.1, 0.15) is 18.9 Å². The van der Waals surface area contributed by atoms with E-state index in [1.807, 2.05) is 12.4 Å². The number of nitrogens with zero attached hydrogens (tertiary/aromatic N) is 4. The van der Waals surface area contributed by atoms with E-state index >= 15 is 0 Å². The summed E-state index contributed by atoms with van der Waals surface area (Å²) in [4.78, 5) is 21.6. The van der Waals surface area contributed by atoms with E-state index in [9.17, 15) is 4.79 Å². The van der Waals surface area contributed by atoms with Crippen molar-refractivity contribution in [2.75, 3.05) is 20.2 Å². The molecule has 0 N–H and O–H groups in total. The summed E-state index contributed by atoms with van der Waals surface area (Å²) < 4.78 is 6.93. The van der Waals surface area contributed by atoms with Crippen LogP contribution in [0.15, 0.2) is 24.8 Å². The number of likely N-dealkylation sites (tertiary alicyclic amines) is 1. The molecule has 6 nitrogen and oxygen atoms in total. The van der Waals surface area contributed by atoms with Crippen LogP contribution in [0.4, 0.5) is 4.79 Å². The van der Waals surface area contributed by atoms with Crippen molar-refractivity contribution in [2.45, 2.75) is 18.9 Å². The Balaban J connectivity index is 1.77. The highest BCUT2D eigenvalue weighted by Crippen LogP contribution is 2.26. The molecule has 1 amide bonds. The molecule has 1 saturated heterocycles. The summed E-state index contributed by atoms with van der Waals surface area (Å²) in [7, 11) is 1.42. The van der Waals surface area contributed by atoms with Crippen LogP contribution in [-0.2, 0) is 4.74 Å². The number of carbonyl (C=O) groups is 1. The lowest BCUT2D eigenvalue weighted by Crippen LogP contribution is -2.38. The van der Waals surface area contributed by atoms with Gasteiger partial charge in [0.1, 0.15) is 5.52 Å². The van der Waals surface area contributed by atoms with E-state index < -0.39 is 0 Å². The Kier molecular flexibility index (Phi) is 3.06. The third kappa shape index (κ3) is 2.14. The van der Waals surface area contributed by atoms with Gasteiger partial charge in [-0.25, -0.2) is 9.78 Å². The predicted octanol–water partition coefficient (Wildman–Crippen LogP) is 1.83. The maximum atomic E-state index is 11.4. The highest BCUT2D eigenvalue weighted by atomic mass is 16.5. The van der Waals surface area contributed by atoms with Crippen LogP contribution in [0, 0.1) is 0 Å². The fourth-order valence-corrected chi connectivity index (χ4v) is 2.63. The number of fused-ring (bicyclic) bond motifs is 1. The molecule has 1 aliphatic rings. The van der Waals surface area contributed by atoms with Gasteiger partial charge in [0, 0.05) is 25.3 Å². The molecule has 2 aromatic rings. The Morgan fingerprint density at radius 3 is 2.95 bits per heavy atom. The highest BCUT2D eigenvalue weighted by molar-refractivity contribution is 5.74. The normalized spacial score (nSPS) is 16.8. The van der Waals surface area contributed by atoms with Crippen molar-refractivity contribution in [2.24, 2.45) is 0 Å². The van der Waals surface area contributed by atoms with Crippen LogP contribution >= 0.6 is 0 Å². The van der Waals surface area contributed by atoms with Crippen molar-refractivity contribution in [3.05, 3.63) is 24.8 Å². The second kappa shape index (κ2) is 4.87. The zero-order valence-corrected chi connectivity index (χ0v) is 10.8. The van der Waals surface area contributed by atoms with Crippen molar-refractivity contribution in [1.82, 2.24) is 19.4 Å². The fraction of sp³-hybridized carbons (Fsp3) is 0.462. The molecule has 3 rings (SSSR count). The van der Waals surface area contributed by atoms with E-state index in [-0.39, 0.29) is 6.09 Å². The lowest BCUT2D eigenvalue weighted by atomic mass is 10.1. The number of rotatable bonds is 1. The minimum Gasteiger partial charge on any atom is -0.453 e. The van der Waals surface area contributed by atoms with Crippen molar-refractivity contribution in [1.29, 1.82) is 0 Å². The van der Waals surface area contributed by atoms with Crippen LogP contribution in [0.2, 0.25) is 0 Å². The summed E-state index contributed by atoms with van der Waals surface area (Å²) in [6.45, 7) is 1.45. The third-order valence-corrected chi connectivity index (χ3v) is 3.67. The molecule has 0 atom stereocenters. The average Bonchev–Trinajstić information content (AvgIpc) is 2.90. The first-order valence-electron chi connectivity index (χ1n) is 6.39. The van der Waals surface area contributed by atoms with E-state index in [0.29, 0.717) is 6.04 Å². The highest BCUT2D eigenvalue weighted by Gasteiger charge is 2.24. The summed E-state index contributed by atoms with van der Waals surface area (Å²) in [6.07, 6.45) is 7.02. The molecule has 1 fully saturated rings. The molecule has 6 heteroatoms. The standard InChI is InChI=1S/C13H16N4O2/c1-19-13(18)16-6-3-10(4-7-16)17-9-15-11-8-14-5-2-12(11)17/h2,5,8-10H,3-4,6-7H2,1H3. The maximum Gasteiger partial charge on any atom is 0.409 e. The van der Waals surface area contributed by atoms with Crippen molar-refractivity contribution in [3.63, 3.8) is 0 Å². The monoisotopic (exact) mass is 260 g/mol. The van der Waals surface area contributed by atoms with Gasteiger partial charge in [-0.1, -0.05) is 0 Å². The Bertz CT molecular complexity index is 587. The number of aromatic nitrogens is 3. The first kappa shape index (κ1) is 12.0. The molecule has 0 aliphatic carbocycles. The smallest absolute Gasteiger partial charge is 0.409 e. The van der Waals surface area contributed by atoms with Gasteiger partial charge in [0.05, 0.1) is 25.2 Å². The SMILES string of the molecule is COC(=O)N1CCC(n2cnc3cnccc32)CC1. The maximum absolute atomic E-state index is 11.4. The molecular weight excluding hydrogens is 244 g/mol. The van der Waals surface area contributed by atoms with Crippen LogP contribution in [-0.4, -0.2) is 45.7 Å². The Hall–Kier alpha value is -2.11. The first-order valence-corrected chi connectivity index (χ1v) is 6.39. The van der Waals surface area contributed by atoms with Crippen LogP contribution < -0.4 is 0 Å². The number of amides is 1. The van der Waals surface area contributed by atoms with E-state index in [2.05, 4.69) is 14.5 Å². The number of piperidine rings is 1. The predicted molar refractivity (Wildman–Crippen MR) is 69.8 cm³/mol. The number of imidazole rings is 1. The van der Waals surface area contributed by atoms with E-state index in [0.717, 1.165) is 37.0 Å². The van der Waals surface area contributed by atoms with E-state index in [4.69, 9.17) is 4.74 Å². The minimum absolute atomic E-state index is 0.238. The third-order valence-electron chi connectivity index (χ3n) is 3.67. The van der Waals surface area contributed by atoms with E-state index in [1.54, 1.807) is 17.3 Å².